The van der Waals surface area contributed by atoms with E-state index in [-0.39, 0.29) is 0 Å². The number of hydrogen-bond acceptors (Lipinski definition) is 3. The van der Waals surface area contributed by atoms with Gasteiger partial charge in [0.25, 0.3) is 0 Å². The highest BCUT2D eigenvalue weighted by Gasteiger charge is 2.12. The molecule has 0 unspecified atom stereocenters. The molecule has 1 saturated heterocycles. The van der Waals surface area contributed by atoms with Crippen molar-refractivity contribution in [3.8, 4) is 11.1 Å². The molecule has 0 atom stereocenters. The summed E-state index contributed by atoms with van der Waals surface area (Å²) in [6.07, 6.45) is 5.61. The van der Waals surface area contributed by atoms with E-state index in [1.165, 1.54) is 22.3 Å². The summed E-state index contributed by atoms with van der Waals surface area (Å²) in [6.45, 7) is 4.40. The number of nitrogens with zero attached hydrogens (tertiary/aromatic N) is 4. The molecule has 144 valence electrons. The highest BCUT2D eigenvalue weighted by Crippen LogP contribution is 2.25. The first kappa shape index (κ1) is 18.3. The van der Waals surface area contributed by atoms with Gasteiger partial charge in [0.15, 0.2) is 5.96 Å². The highest BCUT2D eigenvalue weighted by atomic mass is 16.5. The molecule has 2 aromatic carbocycles. The predicted octanol–water partition coefficient (Wildman–Crippen LogP) is 2.75. The highest BCUT2D eigenvalue weighted by molar-refractivity contribution is 5.78. The summed E-state index contributed by atoms with van der Waals surface area (Å²) in [5, 5.41) is 0. The Morgan fingerprint density at radius 3 is 2.61 bits per heavy atom. The van der Waals surface area contributed by atoms with Gasteiger partial charge in [-0.1, -0.05) is 48.5 Å². The van der Waals surface area contributed by atoms with Crippen molar-refractivity contribution in [3.05, 3.63) is 78.4 Å². The predicted molar refractivity (Wildman–Crippen MR) is 111 cm³/mol. The average molecular weight is 375 g/mol. The topological polar surface area (TPSA) is 68.7 Å². The van der Waals surface area contributed by atoms with Crippen LogP contribution >= 0.6 is 0 Å². The molecule has 6 heteroatoms. The molecule has 6 nitrogen and oxygen atoms in total. The minimum atomic E-state index is 0.566. The van der Waals surface area contributed by atoms with Gasteiger partial charge in [0.05, 0.1) is 26.1 Å². The molecular weight excluding hydrogens is 350 g/mol. The molecule has 4 rings (SSSR count). The number of benzene rings is 2. The van der Waals surface area contributed by atoms with Gasteiger partial charge in [0, 0.05) is 32.0 Å². The maximum atomic E-state index is 6.18. The Labute approximate surface area is 165 Å². The van der Waals surface area contributed by atoms with Crippen molar-refractivity contribution in [3.63, 3.8) is 0 Å². The summed E-state index contributed by atoms with van der Waals surface area (Å²) >= 11 is 0. The van der Waals surface area contributed by atoms with Gasteiger partial charge >= 0.3 is 0 Å². The van der Waals surface area contributed by atoms with Crippen LogP contribution in [0.3, 0.4) is 0 Å². The molecule has 0 bridgehead atoms. The molecule has 0 saturated carbocycles. The standard InChI is InChI=1S/C22H25N5O/c23-22(27-11-13-28-14-12-27)25-15-20-3-1-2-4-21(20)19-7-5-18(6-8-19)16-26-10-9-24-17-26/h1-10,17H,11-16H2,(H2,23,25). The van der Waals surface area contributed by atoms with Crippen molar-refractivity contribution < 1.29 is 4.74 Å². The van der Waals surface area contributed by atoms with Crippen LogP contribution in [-0.2, 0) is 17.8 Å². The summed E-state index contributed by atoms with van der Waals surface area (Å²) in [4.78, 5) is 10.8. The van der Waals surface area contributed by atoms with Gasteiger partial charge in [-0.25, -0.2) is 9.98 Å². The molecule has 0 aliphatic carbocycles. The van der Waals surface area contributed by atoms with Crippen molar-refractivity contribution in [2.75, 3.05) is 26.3 Å². The summed E-state index contributed by atoms with van der Waals surface area (Å²) in [6, 6.07) is 17.0. The molecule has 1 fully saturated rings. The van der Waals surface area contributed by atoms with Crippen molar-refractivity contribution >= 4 is 5.96 Å². The van der Waals surface area contributed by atoms with E-state index < -0.39 is 0 Å². The van der Waals surface area contributed by atoms with E-state index in [1.807, 2.05) is 18.6 Å². The van der Waals surface area contributed by atoms with E-state index in [4.69, 9.17) is 10.5 Å². The Hall–Kier alpha value is -3.12. The van der Waals surface area contributed by atoms with Crippen LogP contribution < -0.4 is 5.73 Å². The second-order valence-corrected chi connectivity index (χ2v) is 6.86. The van der Waals surface area contributed by atoms with Crippen LogP contribution in [-0.4, -0.2) is 46.7 Å². The summed E-state index contributed by atoms with van der Waals surface area (Å²) in [5.74, 6) is 0.591. The summed E-state index contributed by atoms with van der Waals surface area (Å²) in [7, 11) is 0. The SMILES string of the molecule is NC(=NCc1ccccc1-c1ccc(Cn2ccnc2)cc1)N1CCOCC1. The Morgan fingerprint density at radius 1 is 1.07 bits per heavy atom. The zero-order valence-electron chi connectivity index (χ0n) is 15.9. The second kappa shape index (κ2) is 8.71. The molecule has 0 radical (unpaired) electrons. The molecule has 0 spiro atoms. The van der Waals surface area contributed by atoms with Crippen LogP contribution in [0.25, 0.3) is 11.1 Å². The lowest BCUT2D eigenvalue weighted by molar-refractivity contribution is 0.0674. The van der Waals surface area contributed by atoms with E-state index >= 15 is 0 Å². The Kier molecular flexibility index (Phi) is 5.68. The number of guanidine groups is 1. The third kappa shape index (κ3) is 4.40. The van der Waals surface area contributed by atoms with E-state index in [0.717, 1.165) is 19.6 Å². The average Bonchev–Trinajstić information content (AvgIpc) is 3.26. The monoisotopic (exact) mass is 375 g/mol. The van der Waals surface area contributed by atoms with E-state index in [1.54, 1.807) is 6.20 Å². The molecule has 1 aromatic heterocycles. The van der Waals surface area contributed by atoms with E-state index in [0.29, 0.717) is 25.7 Å². The van der Waals surface area contributed by atoms with E-state index in [2.05, 4.69) is 61.9 Å². The number of ether oxygens (including phenoxy) is 1. The molecule has 1 aliphatic heterocycles. The number of imidazole rings is 1. The minimum Gasteiger partial charge on any atom is -0.378 e. The van der Waals surface area contributed by atoms with Gasteiger partial charge in [0.1, 0.15) is 0 Å². The molecule has 2 heterocycles. The lowest BCUT2D eigenvalue weighted by atomic mass is 9.98. The molecular formula is C22H25N5O. The number of hydrogen-bond donors (Lipinski definition) is 1. The fraction of sp³-hybridized carbons (Fsp3) is 0.273. The number of morpholine rings is 1. The second-order valence-electron chi connectivity index (χ2n) is 6.86. The van der Waals surface area contributed by atoms with Gasteiger partial charge in [-0.15, -0.1) is 0 Å². The maximum Gasteiger partial charge on any atom is 0.191 e. The molecule has 3 aromatic rings. The summed E-state index contributed by atoms with van der Waals surface area (Å²) in [5.41, 5.74) is 11.0. The summed E-state index contributed by atoms with van der Waals surface area (Å²) < 4.78 is 7.44. The van der Waals surface area contributed by atoms with Crippen LogP contribution in [0.1, 0.15) is 11.1 Å². The fourth-order valence-corrected chi connectivity index (χ4v) is 3.38. The van der Waals surface area contributed by atoms with Gasteiger partial charge in [0.2, 0.25) is 0 Å². The molecule has 28 heavy (non-hydrogen) atoms. The maximum absolute atomic E-state index is 6.18. The van der Waals surface area contributed by atoms with E-state index in [9.17, 15) is 0 Å². The first-order chi connectivity index (χ1) is 13.8. The zero-order chi connectivity index (χ0) is 19.2. The number of aliphatic imine (C=N–C) groups is 1. The first-order valence-corrected chi connectivity index (χ1v) is 9.55. The minimum absolute atomic E-state index is 0.566. The normalized spacial score (nSPS) is 15.0. The van der Waals surface area contributed by atoms with Crippen molar-refractivity contribution in [1.29, 1.82) is 0 Å². The Bertz CT molecular complexity index is 912. The van der Waals surface area contributed by atoms with Crippen molar-refractivity contribution in [2.24, 2.45) is 10.7 Å². The number of nitrogens with two attached hydrogens (primary N) is 1. The number of rotatable bonds is 5. The van der Waals surface area contributed by atoms with Crippen molar-refractivity contribution in [1.82, 2.24) is 14.5 Å². The van der Waals surface area contributed by atoms with Crippen LogP contribution in [0.4, 0.5) is 0 Å². The van der Waals surface area contributed by atoms with Gasteiger partial charge < -0.3 is 19.9 Å². The molecule has 0 amide bonds. The third-order valence-corrected chi connectivity index (χ3v) is 4.95. The molecule has 1 aliphatic rings. The van der Waals surface area contributed by atoms with Gasteiger partial charge in [-0.2, -0.15) is 0 Å². The zero-order valence-corrected chi connectivity index (χ0v) is 15.9. The number of aromatic nitrogens is 2. The van der Waals surface area contributed by atoms with Crippen LogP contribution in [0.5, 0.6) is 0 Å². The quantitative estimate of drug-likeness (QED) is 0.550. The lowest BCUT2D eigenvalue weighted by Crippen LogP contribution is -2.44. The van der Waals surface area contributed by atoms with Crippen molar-refractivity contribution in [2.45, 2.75) is 13.1 Å². The first-order valence-electron chi connectivity index (χ1n) is 9.55. The Balaban J connectivity index is 1.49. The largest absolute Gasteiger partial charge is 0.378 e. The van der Waals surface area contributed by atoms with Crippen LogP contribution in [0, 0.1) is 0 Å². The smallest absolute Gasteiger partial charge is 0.191 e. The van der Waals surface area contributed by atoms with Gasteiger partial charge in [-0.3, -0.25) is 0 Å². The van der Waals surface area contributed by atoms with Crippen LogP contribution in [0.15, 0.2) is 72.2 Å². The third-order valence-electron chi connectivity index (χ3n) is 4.95. The molecule has 2 N–H and O–H groups in total. The lowest BCUT2D eigenvalue weighted by Gasteiger charge is -2.27. The van der Waals surface area contributed by atoms with Crippen LogP contribution in [0.2, 0.25) is 0 Å². The fourth-order valence-electron chi connectivity index (χ4n) is 3.38. The van der Waals surface area contributed by atoms with Gasteiger partial charge in [-0.05, 0) is 22.3 Å². The Morgan fingerprint density at radius 2 is 1.86 bits per heavy atom.